The molecule has 0 aromatic carbocycles. The molecule has 3 heteroatoms. The molecule has 0 saturated heterocycles. The third-order valence-corrected chi connectivity index (χ3v) is 0.468. The third kappa shape index (κ3) is 2.82. The number of methoxy groups -OCH3 is 1. The van der Waals surface area contributed by atoms with Crippen LogP contribution in [0.5, 0.6) is 0 Å². The van der Waals surface area contributed by atoms with Gasteiger partial charge < -0.3 is 10.5 Å². The molecule has 0 unspecified atom stereocenters. The lowest BCUT2D eigenvalue weighted by Gasteiger charge is -1.89. The van der Waals surface area contributed by atoms with Crippen LogP contribution in [0.2, 0.25) is 0 Å². The molecular weight excluding hydrogens is 92.1 g/mol. The van der Waals surface area contributed by atoms with Gasteiger partial charge in [0.15, 0.2) is 0 Å². The number of hydrogen-bond donors (Lipinski definition) is 2. The highest BCUT2D eigenvalue weighted by atomic mass is 16.5. The van der Waals surface area contributed by atoms with E-state index < -0.39 is 0 Å². The van der Waals surface area contributed by atoms with E-state index in [9.17, 15) is 0 Å². The Labute approximate surface area is 42.3 Å². The average molecular weight is 100 g/mol. The predicted octanol–water partition coefficient (Wildman–Crippen LogP) is 0.0825. The Morgan fingerprint density at radius 1 is 1.86 bits per heavy atom. The van der Waals surface area contributed by atoms with E-state index in [1.165, 1.54) is 19.4 Å². The van der Waals surface area contributed by atoms with Crippen LogP contribution in [0.25, 0.3) is 0 Å². The van der Waals surface area contributed by atoms with Gasteiger partial charge in [-0.1, -0.05) is 0 Å². The van der Waals surface area contributed by atoms with E-state index in [0.29, 0.717) is 0 Å². The van der Waals surface area contributed by atoms with Crippen LogP contribution in [0, 0.1) is 5.41 Å². The van der Waals surface area contributed by atoms with Crippen molar-refractivity contribution in [1.82, 2.24) is 0 Å². The molecule has 0 bridgehead atoms. The lowest BCUT2D eigenvalue weighted by molar-refractivity contribution is 0.403. The summed E-state index contributed by atoms with van der Waals surface area (Å²) in [6.07, 6.45) is 2.62. The summed E-state index contributed by atoms with van der Waals surface area (Å²) in [6, 6.07) is 0. The minimum atomic E-state index is 0.0718. The zero-order valence-corrected chi connectivity index (χ0v) is 4.14. The molecule has 0 aliphatic carbocycles. The largest absolute Gasteiger partial charge is 0.481 e. The molecule has 0 radical (unpaired) electrons. The minimum Gasteiger partial charge on any atom is -0.481 e. The standard InChI is InChI=1S/C4H8N2O/c1-7-4(6)2-3-5/h2-3,6H,5H2,1H3/b3-2-,6-4?. The van der Waals surface area contributed by atoms with Crippen LogP contribution in [0.3, 0.4) is 0 Å². The van der Waals surface area contributed by atoms with Crippen LogP contribution in [0.1, 0.15) is 0 Å². The van der Waals surface area contributed by atoms with E-state index >= 15 is 0 Å². The summed E-state index contributed by atoms with van der Waals surface area (Å²) in [6.45, 7) is 0. The van der Waals surface area contributed by atoms with Crippen molar-refractivity contribution in [2.45, 2.75) is 0 Å². The quantitative estimate of drug-likeness (QED) is 0.362. The molecule has 0 rings (SSSR count). The Morgan fingerprint density at radius 2 is 2.43 bits per heavy atom. The maximum Gasteiger partial charge on any atom is 0.206 e. The first kappa shape index (κ1) is 6.01. The highest BCUT2D eigenvalue weighted by molar-refractivity contribution is 5.84. The monoisotopic (exact) mass is 100 g/mol. The molecule has 3 nitrogen and oxygen atoms in total. The van der Waals surface area contributed by atoms with Gasteiger partial charge in [0.2, 0.25) is 5.90 Å². The summed E-state index contributed by atoms with van der Waals surface area (Å²) in [5.41, 5.74) is 4.90. The second kappa shape index (κ2) is 3.21. The first-order valence-electron chi connectivity index (χ1n) is 1.82. The molecule has 7 heavy (non-hydrogen) atoms. The molecule has 0 aliphatic rings. The van der Waals surface area contributed by atoms with Gasteiger partial charge in [-0.05, 0) is 6.20 Å². The van der Waals surface area contributed by atoms with Crippen LogP contribution in [-0.4, -0.2) is 13.0 Å². The first-order chi connectivity index (χ1) is 3.31. The molecule has 40 valence electrons. The molecule has 3 N–H and O–H groups in total. The van der Waals surface area contributed by atoms with Crippen molar-refractivity contribution in [2.24, 2.45) is 5.73 Å². The highest BCUT2D eigenvalue weighted by Crippen LogP contribution is 1.71. The topological polar surface area (TPSA) is 59.1 Å². The zero-order valence-electron chi connectivity index (χ0n) is 4.14. The van der Waals surface area contributed by atoms with Crippen molar-refractivity contribution in [2.75, 3.05) is 7.11 Å². The van der Waals surface area contributed by atoms with Crippen LogP contribution >= 0.6 is 0 Å². The van der Waals surface area contributed by atoms with Gasteiger partial charge in [-0.2, -0.15) is 0 Å². The van der Waals surface area contributed by atoms with E-state index in [4.69, 9.17) is 11.1 Å². The second-order valence-electron chi connectivity index (χ2n) is 0.927. The molecule has 0 spiro atoms. The lowest BCUT2D eigenvalue weighted by Crippen LogP contribution is -1.93. The van der Waals surface area contributed by atoms with Crippen LogP contribution in [-0.2, 0) is 4.74 Å². The number of rotatable bonds is 1. The molecule has 0 amide bonds. The van der Waals surface area contributed by atoms with Crippen molar-refractivity contribution >= 4 is 5.90 Å². The van der Waals surface area contributed by atoms with Crippen LogP contribution < -0.4 is 5.73 Å². The smallest absolute Gasteiger partial charge is 0.206 e. The van der Waals surface area contributed by atoms with Gasteiger partial charge in [0.25, 0.3) is 0 Å². The summed E-state index contributed by atoms with van der Waals surface area (Å²) < 4.78 is 4.41. The summed E-state index contributed by atoms with van der Waals surface area (Å²) >= 11 is 0. The predicted molar refractivity (Wildman–Crippen MR) is 28.1 cm³/mol. The molecule has 0 aliphatic heterocycles. The zero-order chi connectivity index (χ0) is 5.70. The highest BCUT2D eigenvalue weighted by Gasteiger charge is 1.78. The maximum absolute atomic E-state index is 6.75. The van der Waals surface area contributed by atoms with Crippen molar-refractivity contribution < 1.29 is 4.74 Å². The van der Waals surface area contributed by atoms with Crippen molar-refractivity contribution in [3.8, 4) is 0 Å². The van der Waals surface area contributed by atoms with E-state index in [2.05, 4.69) is 4.74 Å². The normalized spacial score (nSPS) is 9.29. The molecule has 0 saturated carbocycles. The van der Waals surface area contributed by atoms with Gasteiger partial charge in [-0.15, -0.1) is 0 Å². The summed E-state index contributed by atoms with van der Waals surface area (Å²) in [5.74, 6) is 0.0718. The van der Waals surface area contributed by atoms with E-state index in [0.717, 1.165) is 0 Å². The van der Waals surface area contributed by atoms with Gasteiger partial charge in [-0.25, -0.2) is 0 Å². The molecule has 0 fully saturated rings. The SMILES string of the molecule is COC(=N)/C=C\N. The van der Waals surface area contributed by atoms with Gasteiger partial charge in [-0.3, -0.25) is 5.41 Å². The van der Waals surface area contributed by atoms with E-state index in [1.807, 2.05) is 0 Å². The molecule has 0 aromatic rings. The maximum atomic E-state index is 6.75. The molecule has 0 aromatic heterocycles. The summed E-state index contributed by atoms with van der Waals surface area (Å²) in [5, 5.41) is 6.75. The van der Waals surface area contributed by atoms with Gasteiger partial charge in [0, 0.05) is 6.08 Å². The van der Waals surface area contributed by atoms with Crippen LogP contribution in [0.4, 0.5) is 0 Å². The molecule has 0 heterocycles. The van der Waals surface area contributed by atoms with Gasteiger partial charge in [0.05, 0.1) is 7.11 Å². The number of nitrogens with one attached hydrogen (secondary N) is 1. The third-order valence-electron chi connectivity index (χ3n) is 0.468. The lowest BCUT2D eigenvalue weighted by atomic mass is 10.6. The fraction of sp³-hybridized carbons (Fsp3) is 0.250. The summed E-state index contributed by atoms with van der Waals surface area (Å²) in [7, 11) is 1.42. The van der Waals surface area contributed by atoms with Crippen LogP contribution in [0.15, 0.2) is 12.3 Å². The fourth-order valence-corrected chi connectivity index (χ4v) is 0.155. The fourth-order valence-electron chi connectivity index (χ4n) is 0.155. The summed E-state index contributed by atoms with van der Waals surface area (Å²) in [4.78, 5) is 0. The van der Waals surface area contributed by atoms with E-state index in [1.54, 1.807) is 0 Å². The Hall–Kier alpha value is -0.990. The Kier molecular flexibility index (Phi) is 2.76. The Bertz CT molecular complexity index is 87.7. The number of hydrogen-bond acceptors (Lipinski definition) is 3. The molecular formula is C4H8N2O. The number of nitrogens with two attached hydrogens (primary N) is 1. The Balaban J connectivity index is 3.37. The van der Waals surface area contributed by atoms with Crippen molar-refractivity contribution in [3.05, 3.63) is 12.3 Å². The van der Waals surface area contributed by atoms with Crippen molar-refractivity contribution in [3.63, 3.8) is 0 Å². The van der Waals surface area contributed by atoms with E-state index in [-0.39, 0.29) is 5.90 Å². The average Bonchev–Trinajstić information content (AvgIpc) is 1.68. The second-order valence-corrected chi connectivity index (χ2v) is 0.927. The van der Waals surface area contributed by atoms with Gasteiger partial charge in [0.1, 0.15) is 0 Å². The first-order valence-corrected chi connectivity index (χ1v) is 1.82. The van der Waals surface area contributed by atoms with Crippen molar-refractivity contribution in [1.29, 1.82) is 5.41 Å². The van der Waals surface area contributed by atoms with Gasteiger partial charge >= 0.3 is 0 Å². The number of ether oxygens (including phenoxy) is 1. The Morgan fingerprint density at radius 3 is 2.57 bits per heavy atom. The molecule has 0 atom stereocenters. The minimum absolute atomic E-state index is 0.0718.